The molecule has 3 nitrogen and oxygen atoms in total. The van der Waals surface area contributed by atoms with Crippen LogP contribution in [0.5, 0.6) is 5.75 Å². The van der Waals surface area contributed by atoms with Crippen LogP contribution in [0.2, 0.25) is 0 Å². The fraction of sp³-hybridized carbons (Fsp3) is 0.235. The number of rotatable bonds is 2. The van der Waals surface area contributed by atoms with Crippen molar-refractivity contribution < 1.29 is 4.74 Å². The van der Waals surface area contributed by atoms with E-state index in [4.69, 9.17) is 17.0 Å². The van der Waals surface area contributed by atoms with Gasteiger partial charge in [0.2, 0.25) is 0 Å². The van der Waals surface area contributed by atoms with E-state index in [2.05, 4.69) is 34.5 Å². The van der Waals surface area contributed by atoms with Crippen LogP contribution in [0, 0.1) is 0 Å². The molecule has 2 aromatic rings. The Labute approximate surface area is 130 Å². The molecule has 0 bridgehead atoms. The molecular formula is C17H18N2OS. The lowest BCUT2D eigenvalue weighted by atomic mass is 10.0. The number of fused-ring (bicyclic) bond motifs is 1. The van der Waals surface area contributed by atoms with Crippen molar-refractivity contribution in [3.63, 3.8) is 0 Å². The molecule has 4 heteroatoms. The maximum Gasteiger partial charge on any atom is 0.173 e. The third-order valence-corrected chi connectivity index (χ3v) is 4.13. The first-order chi connectivity index (χ1) is 10.3. The van der Waals surface area contributed by atoms with Crippen molar-refractivity contribution in [2.45, 2.75) is 13.0 Å². The van der Waals surface area contributed by atoms with Crippen molar-refractivity contribution in [3.8, 4) is 5.75 Å². The highest BCUT2D eigenvalue weighted by atomic mass is 32.1. The Hall–Kier alpha value is -2.07. The van der Waals surface area contributed by atoms with E-state index in [9.17, 15) is 0 Å². The maximum atomic E-state index is 5.55. The Morgan fingerprint density at radius 1 is 1.10 bits per heavy atom. The Bertz CT molecular complexity index is 657. The molecule has 1 aliphatic heterocycles. The van der Waals surface area contributed by atoms with Gasteiger partial charge >= 0.3 is 0 Å². The van der Waals surface area contributed by atoms with Crippen LogP contribution < -0.4 is 10.1 Å². The largest absolute Gasteiger partial charge is 0.495 e. The molecule has 0 atom stereocenters. The summed E-state index contributed by atoms with van der Waals surface area (Å²) < 4.78 is 5.35. The normalized spacial score (nSPS) is 13.5. The van der Waals surface area contributed by atoms with Crippen molar-refractivity contribution in [3.05, 3.63) is 59.7 Å². The molecule has 2 aromatic carbocycles. The van der Waals surface area contributed by atoms with E-state index in [1.165, 1.54) is 11.1 Å². The quantitative estimate of drug-likeness (QED) is 0.858. The van der Waals surface area contributed by atoms with Crippen LogP contribution in [0.25, 0.3) is 0 Å². The average Bonchev–Trinajstić information content (AvgIpc) is 2.55. The number of hydrogen-bond acceptors (Lipinski definition) is 2. The van der Waals surface area contributed by atoms with Gasteiger partial charge in [0.15, 0.2) is 5.11 Å². The number of thiocarbonyl (C=S) groups is 1. The average molecular weight is 298 g/mol. The summed E-state index contributed by atoms with van der Waals surface area (Å²) in [6.07, 6.45) is 1.03. The number of methoxy groups -OCH3 is 1. The minimum atomic E-state index is 0.744. The fourth-order valence-electron chi connectivity index (χ4n) is 2.61. The van der Waals surface area contributed by atoms with Gasteiger partial charge in [-0.25, -0.2) is 0 Å². The zero-order valence-electron chi connectivity index (χ0n) is 12.0. The number of para-hydroxylation sites is 2. The minimum Gasteiger partial charge on any atom is -0.495 e. The van der Waals surface area contributed by atoms with Crippen LogP contribution in [-0.4, -0.2) is 23.7 Å². The summed E-state index contributed by atoms with van der Waals surface area (Å²) in [5.41, 5.74) is 3.69. The lowest BCUT2D eigenvalue weighted by Crippen LogP contribution is -2.38. The summed E-state index contributed by atoms with van der Waals surface area (Å²) in [5.74, 6) is 0.803. The predicted octanol–water partition coefficient (Wildman–Crippen LogP) is 3.45. The highest BCUT2D eigenvalue weighted by Crippen LogP contribution is 2.25. The van der Waals surface area contributed by atoms with E-state index in [-0.39, 0.29) is 0 Å². The summed E-state index contributed by atoms with van der Waals surface area (Å²) in [5, 5.41) is 4.04. The smallest absolute Gasteiger partial charge is 0.173 e. The third kappa shape index (κ3) is 3.00. The van der Waals surface area contributed by atoms with Gasteiger partial charge in [-0.3, -0.25) is 0 Å². The molecule has 0 saturated heterocycles. The molecule has 1 aliphatic rings. The molecule has 1 N–H and O–H groups in total. The molecule has 1 heterocycles. The molecule has 3 rings (SSSR count). The molecule has 0 spiro atoms. The first-order valence-corrected chi connectivity index (χ1v) is 7.44. The van der Waals surface area contributed by atoms with Gasteiger partial charge < -0.3 is 15.0 Å². The lowest BCUT2D eigenvalue weighted by molar-refractivity contribution is 0.398. The lowest BCUT2D eigenvalue weighted by Gasteiger charge is -2.31. The number of anilines is 1. The fourth-order valence-corrected chi connectivity index (χ4v) is 2.88. The second kappa shape index (κ2) is 6.14. The van der Waals surface area contributed by atoms with Gasteiger partial charge in [0, 0.05) is 13.1 Å². The highest BCUT2D eigenvalue weighted by molar-refractivity contribution is 7.80. The van der Waals surface area contributed by atoms with E-state index in [1.807, 2.05) is 24.3 Å². The molecule has 0 amide bonds. The predicted molar refractivity (Wildman–Crippen MR) is 89.8 cm³/mol. The van der Waals surface area contributed by atoms with E-state index in [1.54, 1.807) is 7.11 Å². The van der Waals surface area contributed by atoms with Crippen LogP contribution >= 0.6 is 12.2 Å². The van der Waals surface area contributed by atoms with Crippen LogP contribution in [0.3, 0.4) is 0 Å². The Kier molecular flexibility index (Phi) is 4.06. The standard InChI is InChI=1S/C17H18N2OS/c1-20-16-9-5-4-8-15(16)18-17(21)19-11-10-13-6-2-3-7-14(13)12-19/h2-9H,10-12H2,1H3,(H,18,21). The molecule has 0 unspecified atom stereocenters. The highest BCUT2D eigenvalue weighted by Gasteiger charge is 2.18. The molecule has 0 aromatic heterocycles. The number of ether oxygens (including phenoxy) is 1. The summed E-state index contributed by atoms with van der Waals surface area (Å²) in [7, 11) is 1.67. The van der Waals surface area contributed by atoms with Gasteiger partial charge in [0.25, 0.3) is 0 Å². The molecule has 108 valence electrons. The molecule has 0 fully saturated rings. The topological polar surface area (TPSA) is 24.5 Å². The molecular weight excluding hydrogens is 280 g/mol. The van der Waals surface area contributed by atoms with Crippen molar-refractivity contribution in [1.82, 2.24) is 4.90 Å². The first kappa shape index (κ1) is 13.9. The van der Waals surface area contributed by atoms with Gasteiger partial charge in [-0.2, -0.15) is 0 Å². The van der Waals surface area contributed by atoms with Crippen molar-refractivity contribution >= 4 is 23.0 Å². The zero-order chi connectivity index (χ0) is 14.7. The Balaban J connectivity index is 1.72. The minimum absolute atomic E-state index is 0.744. The number of nitrogens with one attached hydrogen (secondary N) is 1. The Morgan fingerprint density at radius 2 is 1.81 bits per heavy atom. The second-order valence-electron chi connectivity index (χ2n) is 5.07. The van der Waals surface area contributed by atoms with Crippen molar-refractivity contribution in [2.75, 3.05) is 19.0 Å². The summed E-state index contributed by atoms with van der Waals surface area (Å²) in [6, 6.07) is 16.4. The van der Waals surface area contributed by atoms with E-state index in [0.29, 0.717) is 0 Å². The molecule has 0 saturated carbocycles. The van der Waals surface area contributed by atoms with E-state index < -0.39 is 0 Å². The van der Waals surface area contributed by atoms with Crippen molar-refractivity contribution in [2.24, 2.45) is 0 Å². The van der Waals surface area contributed by atoms with Crippen LogP contribution in [0.15, 0.2) is 48.5 Å². The van der Waals surface area contributed by atoms with Crippen LogP contribution in [0.1, 0.15) is 11.1 Å². The monoisotopic (exact) mass is 298 g/mol. The van der Waals surface area contributed by atoms with Crippen molar-refractivity contribution in [1.29, 1.82) is 0 Å². The van der Waals surface area contributed by atoms with Gasteiger partial charge in [-0.15, -0.1) is 0 Å². The maximum absolute atomic E-state index is 5.55. The third-order valence-electron chi connectivity index (χ3n) is 3.77. The summed E-state index contributed by atoms with van der Waals surface area (Å²) in [4.78, 5) is 2.20. The van der Waals surface area contributed by atoms with Crippen LogP contribution in [-0.2, 0) is 13.0 Å². The van der Waals surface area contributed by atoms with Gasteiger partial charge in [0.05, 0.1) is 12.8 Å². The van der Waals surface area contributed by atoms with Gasteiger partial charge in [-0.1, -0.05) is 36.4 Å². The van der Waals surface area contributed by atoms with E-state index in [0.717, 1.165) is 36.1 Å². The number of benzene rings is 2. The Morgan fingerprint density at radius 3 is 2.62 bits per heavy atom. The summed E-state index contributed by atoms with van der Waals surface area (Å²) in [6.45, 7) is 1.80. The van der Waals surface area contributed by atoms with Crippen LogP contribution in [0.4, 0.5) is 5.69 Å². The number of hydrogen-bond donors (Lipinski definition) is 1. The number of nitrogens with zero attached hydrogens (tertiary/aromatic N) is 1. The van der Waals surface area contributed by atoms with E-state index >= 15 is 0 Å². The molecule has 21 heavy (non-hydrogen) atoms. The molecule has 0 aliphatic carbocycles. The SMILES string of the molecule is COc1ccccc1NC(=S)N1CCc2ccccc2C1. The molecule has 0 radical (unpaired) electrons. The zero-order valence-corrected chi connectivity index (χ0v) is 12.8. The second-order valence-corrected chi connectivity index (χ2v) is 5.46. The van der Waals surface area contributed by atoms with Gasteiger partial charge in [-0.05, 0) is 41.9 Å². The van der Waals surface area contributed by atoms with Gasteiger partial charge in [0.1, 0.15) is 5.75 Å². The summed E-state index contributed by atoms with van der Waals surface area (Å²) >= 11 is 5.55. The first-order valence-electron chi connectivity index (χ1n) is 7.03.